The molecule has 2 rings (SSSR count). The molecule has 1 heterocycles. The van der Waals surface area contributed by atoms with Gasteiger partial charge in [-0.05, 0) is 24.3 Å². The first-order valence-corrected chi connectivity index (χ1v) is 5.29. The standard InChI is InChI=1S/C13H10FNO4/c1-19-12-10(13(17)18)4-7(6-15-12)9-5-8(14)2-3-11(9)16/h2-6,16H,1H3,(H,17,18). The lowest BCUT2D eigenvalue weighted by molar-refractivity contribution is 0.0692. The first kappa shape index (κ1) is 12.8. The third-order valence-corrected chi connectivity index (χ3v) is 2.54. The van der Waals surface area contributed by atoms with Crippen molar-refractivity contribution in [3.05, 3.63) is 41.8 Å². The van der Waals surface area contributed by atoms with E-state index in [0.29, 0.717) is 0 Å². The molecule has 0 atom stereocenters. The van der Waals surface area contributed by atoms with E-state index in [4.69, 9.17) is 9.84 Å². The number of aromatic nitrogens is 1. The lowest BCUT2D eigenvalue weighted by Crippen LogP contribution is -2.02. The molecule has 0 unspecified atom stereocenters. The van der Waals surface area contributed by atoms with E-state index in [-0.39, 0.29) is 28.3 Å². The molecule has 2 N–H and O–H groups in total. The highest BCUT2D eigenvalue weighted by molar-refractivity contribution is 5.92. The van der Waals surface area contributed by atoms with Gasteiger partial charge < -0.3 is 14.9 Å². The summed E-state index contributed by atoms with van der Waals surface area (Å²) in [5.74, 6) is -1.97. The van der Waals surface area contributed by atoms with Crippen molar-refractivity contribution >= 4 is 5.97 Å². The number of aromatic hydroxyl groups is 1. The van der Waals surface area contributed by atoms with Gasteiger partial charge in [0.05, 0.1) is 7.11 Å². The van der Waals surface area contributed by atoms with Gasteiger partial charge in [-0.1, -0.05) is 0 Å². The van der Waals surface area contributed by atoms with Gasteiger partial charge in [-0.25, -0.2) is 14.2 Å². The fraction of sp³-hybridized carbons (Fsp3) is 0.0769. The van der Waals surface area contributed by atoms with Gasteiger partial charge in [-0.3, -0.25) is 0 Å². The van der Waals surface area contributed by atoms with Gasteiger partial charge in [0.1, 0.15) is 17.1 Å². The quantitative estimate of drug-likeness (QED) is 0.888. The molecule has 0 bridgehead atoms. The number of ether oxygens (including phenoxy) is 1. The second-order valence-electron chi connectivity index (χ2n) is 3.75. The Morgan fingerprint density at radius 3 is 2.74 bits per heavy atom. The molecule has 0 saturated carbocycles. The van der Waals surface area contributed by atoms with Crippen molar-refractivity contribution in [2.45, 2.75) is 0 Å². The van der Waals surface area contributed by atoms with Crippen molar-refractivity contribution in [2.24, 2.45) is 0 Å². The van der Waals surface area contributed by atoms with Crippen LogP contribution >= 0.6 is 0 Å². The van der Waals surface area contributed by atoms with Gasteiger partial charge in [-0.15, -0.1) is 0 Å². The minimum atomic E-state index is -1.22. The number of aromatic carboxylic acids is 1. The molecule has 0 radical (unpaired) electrons. The lowest BCUT2D eigenvalue weighted by Gasteiger charge is -2.08. The van der Waals surface area contributed by atoms with Crippen LogP contribution < -0.4 is 4.74 Å². The van der Waals surface area contributed by atoms with Crippen LogP contribution in [0, 0.1) is 5.82 Å². The van der Waals surface area contributed by atoms with Crippen LogP contribution in [0.25, 0.3) is 11.1 Å². The molecule has 0 aliphatic rings. The average molecular weight is 263 g/mol. The van der Waals surface area contributed by atoms with Crippen LogP contribution in [0.15, 0.2) is 30.5 Å². The minimum Gasteiger partial charge on any atom is -0.507 e. The van der Waals surface area contributed by atoms with Gasteiger partial charge in [0, 0.05) is 17.3 Å². The summed E-state index contributed by atoms with van der Waals surface area (Å²) in [6, 6.07) is 4.66. The zero-order valence-corrected chi connectivity index (χ0v) is 9.92. The molecule has 98 valence electrons. The Labute approximate surface area is 107 Å². The number of methoxy groups -OCH3 is 1. The van der Waals surface area contributed by atoms with E-state index in [0.717, 1.165) is 12.1 Å². The number of pyridine rings is 1. The van der Waals surface area contributed by atoms with Gasteiger partial charge >= 0.3 is 5.97 Å². The SMILES string of the molecule is COc1ncc(-c2cc(F)ccc2O)cc1C(=O)O. The third-order valence-electron chi connectivity index (χ3n) is 2.54. The maximum Gasteiger partial charge on any atom is 0.341 e. The molecule has 5 nitrogen and oxygen atoms in total. The molecule has 1 aromatic carbocycles. The lowest BCUT2D eigenvalue weighted by atomic mass is 10.0. The second-order valence-corrected chi connectivity index (χ2v) is 3.75. The van der Waals surface area contributed by atoms with Crippen molar-refractivity contribution in [1.82, 2.24) is 4.98 Å². The maximum atomic E-state index is 13.2. The first-order valence-electron chi connectivity index (χ1n) is 5.29. The largest absolute Gasteiger partial charge is 0.507 e. The Morgan fingerprint density at radius 1 is 1.37 bits per heavy atom. The number of phenols is 1. The van der Waals surface area contributed by atoms with E-state index >= 15 is 0 Å². The zero-order chi connectivity index (χ0) is 14.0. The number of hydrogen-bond donors (Lipinski definition) is 2. The number of carboxylic acid groups (broad SMARTS) is 1. The van der Waals surface area contributed by atoms with Crippen LogP contribution in [0.1, 0.15) is 10.4 Å². The zero-order valence-electron chi connectivity index (χ0n) is 9.92. The van der Waals surface area contributed by atoms with Crippen molar-refractivity contribution in [3.8, 4) is 22.8 Å². The minimum absolute atomic E-state index is 0.0489. The fourth-order valence-electron chi connectivity index (χ4n) is 1.65. The predicted octanol–water partition coefficient (Wildman–Crippen LogP) is 2.30. The number of halogens is 1. The van der Waals surface area contributed by atoms with Gasteiger partial charge in [-0.2, -0.15) is 0 Å². The highest BCUT2D eigenvalue weighted by Gasteiger charge is 2.15. The van der Waals surface area contributed by atoms with E-state index in [1.165, 1.54) is 25.4 Å². The summed E-state index contributed by atoms with van der Waals surface area (Å²) in [5.41, 5.74) is 0.288. The van der Waals surface area contributed by atoms with Gasteiger partial charge in [0.15, 0.2) is 0 Å². The molecule has 6 heteroatoms. The monoisotopic (exact) mass is 263 g/mol. The van der Waals surface area contributed by atoms with E-state index in [9.17, 15) is 14.3 Å². The number of nitrogens with zero attached hydrogens (tertiary/aromatic N) is 1. The number of hydrogen-bond acceptors (Lipinski definition) is 4. The molecule has 0 aliphatic heterocycles. The van der Waals surface area contributed by atoms with E-state index < -0.39 is 11.8 Å². The second kappa shape index (κ2) is 4.93. The van der Waals surface area contributed by atoms with Crippen LogP contribution in [0.2, 0.25) is 0 Å². The highest BCUT2D eigenvalue weighted by Crippen LogP contribution is 2.31. The summed E-state index contributed by atoms with van der Waals surface area (Å²) in [6.07, 6.45) is 1.31. The van der Waals surface area contributed by atoms with Crippen LogP contribution in [0.3, 0.4) is 0 Å². The Kier molecular flexibility index (Phi) is 3.33. The average Bonchev–Trinajstić information content (AvgIpc) is 2.40. The molecule has 0 fully saturated rings. The van der Waals surface area contributed by atoms with Crippen molar-refractivity contribution in [2.75, 3.05) is 7.11 Å². The molecule has 2 aromatic rings. The van der Waals surface area contributed by atoms with Crippen molar-refractivity contribution in [3.63, 3.8) is 0 Å². The number of carbonyl (C=O) groups is 1. The summed E-state index contributed by atoms with van der Waals surface area (Å²) >= 11 is 0. The maximum absolute atomic E-state index is 13.2. The van der Waals surface area contributed by atoms with E-state index in [2.05, 4.69) is 4.98 Å². The molecule has 0 aliphatic carbocycles. The number of rotatable bonds is 3. The Morgan fingerprint density at radius 2 is 2.11 bits per heavy atom. The molecule has 1 aromatic heterocycles. The van der Waals surface area contributed by atoms with Gasteiger partial charge in [0.2, 0.25) is 5.88 Å². The van der Waals surface area contributed by atoms with Crippen LogP contribution in [-0.4, -0.2) is 28.3 Å². The Balaban J connectivity index is 2.60. The number of phenolic OH excluding ortho intramolecular Hbond substituents is 1. The summed E-state index contributed by atoms with van der Waals surface area (Å²) < 4.78 is 18.0. The van der Waals surface area contributed by atoms with Crippen LogP contribution in [0.4, 0.5) is 4.39 Å². The fourth-order valence-corrected chi connectivity index (χ4v) is 1.65. The summed E-state index contributed by atoms with van der Waals surface area (Å²) in [6.45, 7) is 0. The summed E-state index contributed by atoms with van der Waals surface area (Å²) in [4.78, 5) is 14.9. The van der Waals surface area contributed by atoms with E-state index in [1.54, 1.807) is 0 Å². The predicted molar refractivity (Wildman–Crippen MR) is 64.8 cm³/mol. The third kappa shape index (κ3) is 2.47. The molecule has 19 heavy (non-hydrogen) atoms. The molecule has 0 amide bonds. The summed E-state index contributed by atoms with van der Waals surface area (Å²) in [5, 5.41) is 18.7. The van der Waals surface area contributed by atoms with E-state index in [1.807, 2.05) is 0 Å². The van der Waals surface area contributed by atoms with Gasteiger partial charge in [0.25, 0.3) is 0 Å². The topological polar surface area (TPSA) is 79.7 Å². The Hall–Kier alpha value is -2.63. The summed E-state index contributed by atoms with van der Waals surface area (Å²) in [7, 11) is 1.30. The normalized spacial score (nSPS) is 10.2. The highest BCUT2D eigenvalue weighted by atomic mass is 19.1. The van der Waals surface area contributed by atoms with Crippen molar-refractivity contribution in [1.29, 1.82) is 0 Å². The van der Waals surface area contributed by atoms with Crippen LogP contribution in [-0.2, 0) is 0 Å². The molecular weight excluding hydrogens is 253 g/mol. The molecule has 0 spiro atoms. The Bertz CT molecular complexity index is 643. The number of carboxylic acids is 1. The smallest absolute Gasteiger partial charge is 0.341 e. The first-order chi connectivity index (χ1) is 9.02. The van der Waals surface area contributed by atoms with Crippen LogP contribution in [0.5, 0.6) is 11.6 Å². The van der Waals surface area contributed by atoms with Crippen molar-refractivity contribution < 1.29 is 24.1 Å². The molecule has 0 saturated heterocycles. The number of benzene rings is 1. The molecular formula is C13H10FNO4.